The molecule has 1 aliphatic rings. The lowest BCUT2D eigenvalue weighted by molar-refractivity contribution is 0.327. The average molecular weight is 350 g/mol. The molecule has 0 saturated heterocycles. The van der Waals surface area contributed by atoms with Crippen LogP contribution in [-0.4, -0.2) is 21.8 Å². The number of fused-ring (bicyclic) bond motifs is 3. The smallest absolute Gasteiger partial charge is 0.276 e. The second-order valence-electron chi connectivity index (χ2n) is 4.27. The zero-order valence-electron chi connectivity index (χ0n) is 10.2. The Morgan fingerprint density at radius 1 is 1.30 bits per heavy atom. The van der Waals surface area contributed by atoms with Crippen molar-refractivity contribution in [2.45, 2.75) is 6.42 Å². The normalized spacial score (nSPS) is 13.2. The van der Waals surface area contributed by atoms with Crippen molar-refractivity contribution < 1.29 is 9.15 Å². The van der Waals surface area contributed by atoms with Crippen molar-refractivity contribution >= 4 is 27.3 Å². The molecule has 1 aliphatic heterocycles. The monoisotopic (exact) mass is 349 g/mol. The summed E-state index contributed by atoms with van der Waals surface area (Å²) in [5.41, 5.74) is 1.95. The van der Waals surface area contributed by atoms with Crippen LogP contribution in [0.4, 0.5) is 0 Å². The minimum absolute atomic E-state index is 0.461. The lowest BCUT2D eigenvalue weighted by atomic mass is 10.1. The standard InChI is InChI=1S/C13H8BrN3O2S/c14-7-1-2-8-9(5-7)18-4-3-10-11(8)16-13(20-10)12-17-15-6-19-12/h1-2,5-6H,3-4H2. The first-order valence-corrected chi connectivity index (χ1v) is 7.61. The Morgan fingerprint density at radius 2 is 2.25 bits per heavy atom. The Labute approximate surface area is 126 Å². The highest BCUT2D eigenvalue weighted by Gasteiger charge is 2.22. The molecule has 0 bridgehead atoms. The van der Waals surface area contributed by atoms with E-state index in [9.17, 15) is 0 Å². The van der Waals surface area contributed by atoms with Crippen LogP contribution in [-0.2, 0) is 6.42 Å². The van der Waals surface area contributed by atoms with E-state index in [0.29, 0.717) is 12.5 Å². The van der Waals surface area contributed by atoms with Crippen molar-refractivity contribution in [1.82, 2.24) is 15.2 Å². The van der Waals surface area contributed by atoms with Crippen LogP contribution in [0.5, 0.6) is 5.75 Å². The number of ether oxygens (including phenoxy) is 1. The number of rotatable bonds is 1. The molecule has 1 aromatic carbocycles. The summed E-state index contributed by atoms with van der Waals surface area (Å²) in [5.74, 6) is 1.31. The molecule has 20 heavy (non-hydrogen) atoms. The van der Waals surface area contributed by atoms with E-state index < -0.39 is 0 Å². The van der Waals surface area contributed by atoms with Crippen LogP contribution in [0, 0.1) is 0 Å². The fraction of sp³-hybridized carbons (Fsp3) is 0.154. The first-order chi connectivity index (χ1) is 9.81. The van der Waals surface area contributed by atoms with E-state index in [0.717, 1.165) is 32.9 Å². The van der Waals surface area contributed by atoms with Crippen LogP contribution in [0.15, 0.2) is 33.5 Å². The molecule has 0 amide bonds. The molecular formula is C13H8BrN3O2S. The summed E-state index contributed by atoms with van der Waals surface area (Å²) >= 11 is 5.04. The molecule has 0 saturated carbocycles. The number of halogens is 1. The molecule has 5 nitrogen and oxygen atoms in total. The number of benzene rings is 1. The fourth-order valence-electron chi connectivity index (χ4n) is 2.15. The number of hydrogen-bond acceptors (Lipinski definition) is 6. The highest BCUT2D eigenvalue weighted by Crippen LogP contribution is 2.40. The minimum atomic E-state index is 0.461. The van der Waals surface area contributed by atoms with Crippen LogP contribution in [0.3, 0.4) is 0 Å². The topological polar surface area (TPSA) is 61.0 Å². The van der Waals surface area contributed by atoms with E-state index in [1.165, 1.54) is 11.3 Å². The first kappa shape index (κ1) is 12.0. The van der Waals surface area contributed by atoms with E-state index in [-0.39, 0.29) is 0 Å². The SMILES string of the molecule is Brc1ccc2c(c1)OCCc1sc(-c3nnco3)nc1-2. The van der Waals surface area contributed by atoms with Crippen molar-refractivity contribution in [2.75, 3.05) is 6.61 Å². The minimum Gasteiger partial charge on any atom is -0.492 e. The van der Waals surface area contributed by atoms with Crippen molar-refractivity contribution in [2.24, 2.45) is 0 Å². The van der Waals surface area contributed by atoms with Gasteiger partial charge in [-0.1, -0.05) is 15.9 Å². The highest BCUT2D eigenvalue weighted by molar-refractivity contribution is 9.10. The van der Waals surface area contributed by atoms with Gasteiger partial charge in [0.2, 0.25) is 6.39 Å². The maximum atomic E-state index is 5.79. The maximum Gasteiger partial charge on any atom is 0.276 e. The predicted octanol–water partition coefficient (Wildman–Crippen LogP) is 3.56. The lowest BCUT2D eigenvalue weighted by Gasteiger charge is -2.06. The van der Waals surface area contributed by atoms with E-state index in [4.69, 9.17) is 9.15 Å². The van der Waals surface area contributed by atoms with Gasteiger partial charge in [0.1, 0.15) is 5.75 Å². The van der Waals surface area contributed by atoms with Crippen LogP contribution in [0.25, 0.3) is 22.2 Å². The van der Waals surface area contributed by atoms with Gasteiger partial charge in [0.05, 0.1) is 12.3 Å². The second-order valence-corrected chi connectivity index (χ2v) is 6.27. The van der Waals surface area contributed by atoms with Crippen molar-refractivity contribution in [3.63, 3.8) is 0 Å². The molecule has 0 spiro atoms. The Balaban J connectivity index is 1.89. The van der Waals surface area contributed by atoms with Gasteiger partial charge in [0.25, 0.3) is 5.89 Å². The zero-order chi connectivity index (χ0) is 13.5. The number of nitrogens with zero attached hydrogens (tertiary/aromatic N) is 3. The van der Waals surface area contributed by atoms with E-state index >= 15 is 0 Å². The summed E-state index contributed by atoms with van der Waals surface area (Å²) in [6.45, 7) is 0.641. The van der Waals surface area contributed by atoms with E-state index in [1.807, 2.05) is 18.2 Å². The Bertz CT molecular complexity index is 770. The van der Waals surface area contributed by atoms with Gasteiger partial charge in [-0.2, -0.15) is 0 Å². The van der Waals surface area contributed by atoms with Crippen LogP contribution < -0.4 is 4.74 Å². The van der Waals surface area contributed by atoms with E-state index in [1.54, 1.807) is 11.3 Å². The van der Waals surface area contributed by atoms with Gasteiger partial charge in [-0.15, -0.1) is 21.5 Å². The molecule has 0 radical (unpaired) electrons. The molecule has 2 aromatic heterocycles. The molecular weight excluding hydrogens is 342 g/mol. The molecule has 100 valence electrons. The molecule has 7 heteroatoms. The Morgan fingerprint density at radius 3 is 3.10 bits per heavy atom. The number of thiazole rings is 1. The molecule has 3 heterocycles. The zero-order valence-corrected chi connectivity index (χ0v) is 12.6. The molecule has 0 fully saturated rings. The van der Waals surface area contributed by atoms with Gasteiger partial charge in [-0.05, 0) is 18.2 Å². The van der Waals surface area contributed by atoms with Gasteiger partial charge in [0.15, 0.2) is 5.01 Å². The molecule has 0 N–H and O–H groups in total. The Kier molecular flexibility index (Phi) is 2.82. The molecule has 0 unspecified atom stereocenters. The molecule has 4 rings (SSSR count). The molecule has 0 aliphatic carbocycles. The average Bonchev–Trinajstić information content (AvgIpc) is 3.06. The van der Waals surface area contributed by atoms with Crippen LogP contribution in [0.2, 0.25) is 0 Å². The molecule has 3 aromatic rings. The quantitative estimate of drug-likeness (QED) is 0.672. The van der Waals surface area contributed by atoms with Crippen molar-refractivity contribution in [3.8, 4) is 27.9 Å². The fourth-order valence-corrected chi connectivity index (χ4v) is 3.48. The predicted molar refractivity (Wildman–Crippen MR) is 77.7 cm³/mol. The van der Waals surface area contributed by atoms with Crippen LogP contribution in [0.1, 0.15) is 4.88 Å². The summed E-state index contributed by atoms with van der Waals surface area (Å²) in [4.78, 5) is 5.83. The van der Waals surface area contributed by atoms with Crippen molar-refractivity contribution in [1.29, 1.82) is 0 Å². The largest absolute Gasteiger partial charge is 0.492 e. The van der Waals surface area contributed by atoms with E-state index in [2.05, 4.69) is 31.1 Å². The first-order valence-electron chi connectivity index (χ1n) is 6.00. The van der Waals surface area contributed by atoms with Gasteiger partial charge < -0.3 is 9.15 Å². The summed E-state index contributed by atoms with van der Waals surface area (Å²) in [7, 11) is 0. The maximum absolute atomic E-state index is 5.79. The summed E-state index contributed by atoms with van der Waals surface area (Å²) in [6.07, 6.45) is 2.14. The lowest BCUT2D eigenvalue weighted by Crippen LogP contribution is -1.97. The summed E-state index contributed by atoms with van der Waals surface area (Å²) < 4.78 is 12.0. The van der Waals surface area contributed by atoms with Crippen LogP contribution >= 0.6 is 27.3 Å². The number of aromatic nitrogens is 3. The summed E-state index contributed by atoms with van der Waals surface area (Å²) in [6, 6.07) is 5.97. The second kappa shape index (κ2) is 4.68. The van der Waals surface area contributed by atoms with Gasteiger partial charge >= 0.3 is 0 Å². The third kappa shape index (κ3) is 1.94. The summed E-state index contributed by atoms with van der Waals surface area (Å²) in [5, 5.41) is 8.37. The highest BCUT2D eigenvalue weighted by atomic mass is 79.9. The van der Waals surface area contributed by atoms with Crippen molar-refractivity contribution in [3.05, 3.63) is 33.9 Å². The van der Waals surface area contributed by atoms with Gasteiger partial charge in [0, 0.05) is 21.3 Å². The van der Waals surface area contributed by atoms with Gasteiger partial charge in [-0.3, -0.25) is 0 Å². The third-order valence-corrected chi connectivity index (χ3v) is 4.62. The molecule has 0 atom stereocenters. The Hall–Kier alpha value is -1.73. The van der Waals surface area contributed by atoms with Gasteiger partial charge in [-0.25, -0.2) is 4.98 Å². The third-order valence-electron chi connectivity index (χ3n) is 3.03. The number of hydrogen-bond donors (Lipinski definition) is 0.